The van der Waals surface area contributed by atoms with Crippen LogP contribution in [0, 0.1) is 11.3 Å². The van der Waals surface area contributed by atoms with E-state index in [0.29, 0.717) is 5.41 Å². The maximum Gasteiger partial charge on any atom is 0.0783 e. The van der Waals surface area contributed by atoms with Crippen molar-refractivity contribution >= 4 is 15.9 Å². The molecular formula is C18H27BrO. The van der Waals surface area contributed by atoms with E-state index in [1.54, 1.807) is 0 Å². The van der Waals surface area contributed by atoms with Gasteiger partial charge in [-0.05, 0) is 42.6 Å². The second-order valence-electron chi connectivity index (χ2n) is 7.23. The molecule has 1 fully saturated rings. The Kier molecular flexibility index (Phi) is 5.30. The molecule has 1 aliphatic rings. The monoisotopic (exact) mass is 338 g/mol. The zero-order valence-corrected chi connectivity index (χ0v) is 14.6. The van der Waals surface area contributed by atoms with E-state index in [4.69, 9.17) is 4.74 Å². The minimum absolute atomic E-state index is 0.0393. The van der Waals surface area contributed by atoms with Gasteiger partial charge in [-0.3, -0.25) is 0 Å². The van der Waals surface area contributed by atoms with E-state index in [9.17, 15) is 0 Å². The summed E-state index contributed by atoms with van der Waals surface area (Å²) in [5.74, 6) is 0.829. The number of halogens is 1. The van der Waals surface area contributed by atoms with Crippen LogP contribution in [0.25, 0.3) is 0 Å². The van der Waals surface area contributed by atoms with E-state index in [2.05, 4.69) is 67.0 Å². The van der Waals surface area contributed by atoms with E-state index in [1.165, 1.54) is 31.2 Å². The number of ether oxygens (including phenoxy) is 1. The van der Waals surface area contributed by atoms with Gasteiger partial charge in [0.1, 0.15) is 0 Å². The highest BCUT2D eigenvalue weighted by Crippen LogP contribution is 2.43. The lowest BCUT2D eigenvalue weighted by molar-refractivity contribution is -0.0783. The van der Waals surface area contributed by atoms with Crippen molar-refractivity contribution < 1.29 is 4.74 Å². The molecule has 0 heterocycles. The molecule has 2 rings (SSSR count). The van der Waals surface area contributed by atoms with Crippen LogP contribution in [0.2, 0.25) is 0 Å². The summed E-state index contributed by atoms with van der Waals surface area (Å²) in [6, 6.07) is 10.5. The van der Waals surface area contributed by atoms with Gasteiger partial charge in [-0.1, -0.05) is 67.0 Å². The Morgan fingerprint density at radius 1 is 1.15 bits per heavy atom. The second kappa shape index (κ2) is 6.62. The van der Waals surface area contributed by atoms with Gasteiger partial charge in [0.15, 0.2) is 0 Å². The topological polar surface area (TPSA) is 9.23 Å². The molecule has 0 spiro atoms. The quantitative estimate of drug-likeness (QED) is 0.651. The fourth-order valence-electron chi connectivity index (χ4n) is 3.14. The van der Waals surface area contributed by atoms with Crippen LogP contribution in [-0.4, -0.2) is 10.9 Å². The summed E-state index contributed by atoms with van der Waals surface area (Å²) in [7, 11) is 0. The Hall–Kier alpha value is -0.340. The number of hydrogen-bond acceptors (Lipinski definition) is 1. The average molecular weight is 339 g/mol. The maximum atomic E-state index is 6.32. The third-order valence-corrected chi connectivity index (χ3v) is 5.77. The number of benzene rings is 1. The van der Waals surface area contributed by atoms with Crippen molar-refractivity contribution in [1.82, 2.24) is 0 Å². The lowest BCUT2D eigenvalue weighted by Crippen LogP contribution is -2.41. The van der Waals surface area contributed by atoms with Gasteiger partial charge in [-0.2, -0.15) is 0 Å². The van der Waals surface area contributed by atoms with Crippen molar-refractivity contribution in [2.75, 3.05) is 5.33 Å². The van der Waals surface area contributed by atoms with Crippen molar-refractivity contribution in [2.24, 2.45) is 11.3 Å². The van der Waals surface area contributed by atoms with Crippen LogP contribution in [0.5, 0.6) is 0 Å². The standard InChI is InChI=1S/C18H27BrO/c1-17(2,3)16-9-11-18(14-19,12-10-16)20-13-15-7-5-4-6-8-15/h4-8,16H,9-14H2,1-3H3. The molecule has 1 saturated carbocycles. The van der Waals surface area contributed by atoms with Crippen LogP contribution in [0.15, 0.2) is 30.3 Å². The first-order chi connectivity index (χ1) is 9.45. The Balaban J connectivity index is 1.92. The number of hydrogen-bond donors (Lipinski definition) is 0. The lowest BCUT2D eigenvalue weighted by Gasteiger charge is -2.43. The highest BCUT2D eigenvalue weighted by Gasteiger charge is 2.38. The molecule has 0 amide bonds. The molecule has 0 aromatic heterocycles. The Bertz CT molecular complexity index is 399. The normalized spacial score (nSPS) is 27.5. The van der Waals surface area contributed by atoms with Crippen LogP contribution < -0.4 is 0 Å². The summed E-state index contributed by atoms with van der Waals surface area (Å²) >= 11 is 3.69. The summed E-state index contributed by atoms with van der Waals surface area (Å²) in [6.07, 6.45) is 4.91. The van der Waals surface area contributed by atoms with Gasteiger partial charge in [0.05, 0.1) is 12.2 Å². The predicted octanol–water partition coefficient (Wildman–Crippen LogP) is 5.57. The second-order valence-corrected chi connectivity index (χ2v) is 7.79. The zero-order valence-electron chi connectivity index (χ0n) is 13.0. The van der Waals surface area contributed by atoms with Crippen LogP contribution in [0.3, 0.4) is 0 Å². The smallest absolute Gasteiger partial charge is 0.0783 e. The molecule has 1 aromatic carbocycles. The fraction of sp³-hybridized carbons (Fsp3) is 0.667. The van der Waals surface area contributed by atoms with E-state index >= 15 is 0 Å². The average Bonchev–Trinajstić information content (AvgIpc) is 2.46. The van der Waals surface area contributed by atoms with Gasteiger partial charge in [0, 0.05) is 5.33 Å². The first-order valence-corrected chi connectivity index (χ1v) is 8.81. The minimum atomic E-state index is 0.0393. The van der Waals surface area contributed by atoms with Crippen molar-refractivity contribution in [3.8, 4) is 0 Å². The molecular weight excluding hydrogens is 312 g/mol. The molecule has 2 heteroatoms. The van der Waals surface area contributed by atoms with Gasteiger partial charge in [0.25, 0.3) is 0 Å². The molecule has 1 nitrogen and oxygen atoms in total. The van der Waals surface area contributed by atoms with Crippen LogP contribution in [0.4, 0.5) is 0 Å². The van der Waals surface area contributed by atoms with Gasteiger partial charge in [0.2, 0.25) is 0 Å². The molecule has 112 valence electrons. The highest BCUT2D eigenvalue weighted by molar-refractivity contribution is 9.09. The van der Waals surface area contributed by atoms with Gasteiger partial charge in [-0.15, -0.1) is 0 Å². The van der Waals surface area contributed by atoms with Crippen LogP contribution >= 0.6 is 15.9 Å². The molecule has 0 saturated heterocycles. The molecule has 20 heavy (non-hydrogen) atoms. The Morgan fingerprint density at radius 2 is 1.75 bits per heavy atom. The molecule has 0 bridgehead atoms. The summed E-state index contributed by atoms with van der Waals surface area (Å²) in [6.45, 7) is 7.82. The SMILES string of the molecule is CC(C)(C)C1CCC(CBr)(OCc2ccccc2)CC1. The summed E-state index contributed by atoms with van der Waals surface area (Å²) in [4.78, 5) is 0. The molecule has 0 atom stereocenters. The summed E-state index contributed by atoms with van der Waals surface area (Å²) in [5.41, 5.74) is 1.74. The van der Waals surface area contributed by atoms with E-state index < -0.39 is 0 Å². The number of alkyl halides is 1. The molecule has 1 aromatic rings. The highest BCUT2D eigenvalue weighted by atomic mass is 79.9. The zero-order chi connectivity index (χ0) is 14.6. The van der Waals surface area contributed by atoms with Gasteiger partial charge < -0.3 is 4.74 Å². The third-order valence-electron chi connectivity index (χ3n) is 4.75. The lowest BCUT2D eigenvalue weighted by atomic mass is 9.69. The molecule has 0 radical (unpaired) electrons. The molecule has 0 unspecified atom stereocenters. The molecule has 0 N–H and O–H groups in total. The molecule has 0 aliphatic heterocycles. The van der Waals surface area contributed by atoms with Crippen LogP contribution in [-0.2, 0) is 11.3 Å². The van der Waals surface area contributed by atoms with E-state index in [1.807, 2.05) is 0 Å². The Morgan fingerprint density at radius 3 is 2.25 bits per heavy atom. The van der Waals surface area contributed by atoms with E-state index in [-0.39, 0.29) is 5.60 Å². The maximum absolute atomic E-state index is 6.32. The largest absolute Gasteiger partial charge is 0.369 e. The van der Waals surface area contributed by atoms with Crippen molar-refractivity contribution in [3.63, 3.8) is 0 Å². The predicted molar refractivity (Wildman–Crippen MR) is 89.2 cm³/mol. The van der Waals surface area contributed by atoms with E-state index in [0.717, 1.165) is 17.9 Å². The number of rotatable bonds is 4. The van der Waals surface area contributed by atoms with Crippen LogP contribution in [0.1, 0.15) is 52.0 Å². The van der Waals surface area contributed by atoms with Crippen molar-refractivity contribution in [1.29, 1.82) is 0 Å². The van der Waals surface area contributed by atoms with Crippen molar-refractivity contribution in [3.05, 3.63) is 35.9 Å². The Labute approximate surface area is 132 Å². The fourth-order valence-corrected chi connectivity index (χ4v) is 3.86. The summed E-state index contributed by atoms with van der Waals surface area (Å²) in [5, 5.41) is 0.948. The molecule has 1 aliphatic carbocycles. The van der Waals surface area contributed by atoms with Gasteiger partial charge in [-0.25, -0.2) is 0 Å². The minimum Gasteiger partial charge on any atom is -0.369 e. The van der Waals surface area contributed by atoms with Crippen molar-refractivity contribution in [2.45, 2.75) is 58.7 Å². The third kappa shape index (κ3) is 4.08. The first kappa shape index (κ1) is 16.0. The first-order valence-electron chi connectivity index (χ1n) is 7.69. The van der Waals surface area contributed by atoms with Gasteiger partial charge >= 0.3 is 0 Å². The summed E-state index contributed by atoms with van der Waals surface area (Å²) < 4.78 is 6.32.